The van der Waals surface area contributed by atoms with Crippen LogP contribution >= 0.6 is 0 Å². The molecule has 0 aliphatic carbocycles. The largest absolute Gasteiger partial charge is 0.490 e. The molecule has 1 atom stereocenters. The van der Waals surface area contributed by atoms with Crippen molar-refractivity contribution in [2.24, 2.45) is 0 Å². The molecule has 0 bridgehead atoms. The summed E-state index contributed by atoms with van der Waals surface area (Å²) in [6.45, 7) is 13.8. The molecule has 20 heavy (non-hydrogen) atoms. The van der Waals surface area contributed by atoms with Crippen LogP contribution in [-0.4, -0.2) is 29.9 Å². The second-order valence-corrected chi connectivity index (χ2v) is 6.97. The van der Waals surface area contributed by atoms with E-state index in [1.807, 2.05) is 0 Å². The zero-order valence-electron chi connectivity index (χ0n) is 13.7. The van der Waals surface area contributed by atoms with Gasteiger partial charge in [0, 0.05) is 0 Å². The van der Waals surface area contributed by atoms with E-state index < -0.39 is 6.10 Å². The van der Waals surface area contributed by atoms with Gasteiger partial charge >= 0.3 is 0 Å². The Balaban J connectivity index is 2.58. The highest BCUT2D eigenvalue weighted by atomic mass is 16.5. The third-order valence-corrected chi connectivity index (χ3v) is 3.22. The van der Waals surface area contributed by atoms with Gasteiger partial charge in [-0.05, 0) is 50.8 Å². The first-order chi connectivity index (χ1) is 9.19. The van der Waals surface area contributed by atoms with Gasteiger partial charge in [0.15, 0.2) is 0 Å². The van der Waals surface area contributed by atoms with E-state index in [0.29, 0.717) is 19.1 Å². The Hall–Kier alpha value is -1.06. The van der Waals surface area contributed by atoms with Crippen LogP contribution in [-0.2, 0) is 0 Å². The quantitative estimate of drug-likeness (QED) is 0.839. The van der Waals surface area contributed by atoms with Crippen LogP contribution in [0, 0.1) is 6.92 Å². The Labute approximate surface area is 123 Å². The number of nitrogens with two attached hydrogens (primary N) is 1. The highest BCUT2D eigenvalue weighted by molar-refractivity contribution is 5.39. The van der Waals surface area contributed by atoms with Gasteiger partial charge in [0.1, 0.15) is 25.0 Å². The normalized spacial score (nSPS) is 13.6. The van der Waals surface area contributed by atoms with Gasteiger partial charge in [0.05, 0.1) is 5.54 Å². The molecule has 0 amide bonds. The number of hydrogen-bond donors (Lipinski definition) is 2. The second-order valence-electron chi connectivity index (χ2n) is 6.97. The van der Waals surface area contributed by atoms with Gasteiger partial charge in [-0.2, -0.15) is 0 Å². The molecule has 0 fully saturated rings. The standard InChI is InChI=1S/C17H29NO2/c1-12(2)15-8-7-13(3)9-16(15)20-11-14(19)10-18-17(4,5)6/h7-9,12,14,18-19H,10-11H2,1-6H3/p+1. The number of benzene rings is 1. The summed E-state index contributed by atoms with van der Waals surface area (Å²) in [4.78, 5) is 0. The maximum Gasteiger partial charge on any atom is 0.137 e. The fourth-order valence-electron chi connectivity index (χ4n) is 1.99. The smallest absolute Gasteiger partial charge is 0.137 e. The Morgan fingerprint density at radius 2 is 1.90 bits per heavy atom. The van der Waals surface area contributed by atoms with Crippen molar-refractivity contribution in [1.82, 2.24) is 0 Å². The summed E-state index contributed by atoms with van der Waals surface area (Å²) < 4.78 is 5.84. The maximum absolute atomic E-state index is 10.0. The van der Waals surface area contributed by atoms with E-state index >= 15 is 0 Å². The van der Waals surface area contributed by atoms with Gasteiger partial charge in [-0.3, -0.25) is 0 Å². The summed E-state index contributed by atoms with van der Waals surface area (Å²) >= 11 is 0. The first-order valence-corrected chi connectivity index (χ1v) is 7.45. The van der Waals surface area contributed by atoms with Crippen molar-refractivity contribution < 1.29 is 15.2 Å². The van der Waals surface area contributed by atoms with Gasteiger partial charge in [0.25, 0.3) is 0 Å². The lowest BCUT2D eigenvalue weighted by atomic mass is 10.0. The van der Waals surface area contributed by atoms with Gasteiger partial charge in [-0.15, -0.1) is 0 Å². The van der Waals surface area contributed by atoms with Crippen molar-refractivity contribution >= 4 is 0 Å². The molecule has 114 valence electrons. The first kappa shape index (κ1) is 17.0. The lowest BCUT2D eigenvalue weighted by molar-refractivity contribution is -0.722. The molecule has 0 aliphatic heterocycles. The van der Waals surface area contributed by atoms with Crippen LogP contribution in [0.5, 0.6) is 5.75 Å². The average Bonchev–Trinajstić information content (AvgIpc) is 2.32. The van der Waals surface area contributed by atoms with Crippen molar-refractivity contribution in [2.45, 2.75) is 59.1 Å². The van der Waals surface area contributed by atoms with E-state index in [1.165, 1.54) is 11.1 Å². The Bertz CT molecular complexity index is 421. The number of aliphatic hydroxyl groups excluding tert-OH is 1. The zero-order valence-corrected chi connectivity index (χ0v) is 13.7. The summed E-state index contributed by atoms with van der Waals surface area (Å²) in [5, 5.41) is 12.2. The molecule has 0 radical (unpaired) electrons. The Morgan fingerprint density at radius 3 is 2.45 bits per heavy atom. The fraction of sp³-hybridized carbons (Fsp3) is 0.647. The van der Waals surface area contributed by atoms with E-state index in [2.05, 4.69) is 65.1 Å². The van der Waals surface area contributed by atoms with E-state index in [1.54, 1.807) is 0 Å². The van der Waals surface area contributed by atoms with Crippen LogP contribution in [0.1, 0.15) is 51.7 Å². The van der Waals surface area contributed by atoms with Crippen LogP contribution in [0.4, 0.5) is 0 Å². The first-order valence-electron chi connectivity index (χ1n) is 7.45. The van der Waals surface area contributed by atoms with Crippen LogP contribution in [0.15, 0.2) is 18.2 Å². The third kappa shape index (κ3) is 5.93. The lowest BCUT2D eigenvalue weighted by Crippen LogP contribution is -2.96. The number of hydrogen-bond acceptors (Lipinski definition) is 2. The summed E-state index contributed by atoms with van der Waals surface area (Å²) in [5.74, 6) is 1.32. The third-order valence-electron chi connectivity index (χ3n) is 3.22. The highest BCUT2D eigenvalue weighted by Gasteiger charge is 2.17. The fourth-order valence-corrected chi connectivity index (χ4v) is 1.99. The average molecular weight is 280 g/mol. The summed E-state index contributed by atoms with van der Waals surface area (Å²) in [5.41, 5.74) is 2.51. The molecule has 3 nitrogen and oxygen atoms in total. The van der Waals surface area contributed by atoms with Gasteiger partial charge < -0.3 is 15.2 Å². The van der Waals surface area contributed by atoms with E-state index in [9.17, 15) is 5.11 Å². The number of rotatable bonds is 6. The molecule has 0 aromatic heterocycles. The van der Waals surface area contributed by atoms with Crippen molar-refractivity contribution in [1.29, 1.82) is 0 Å². The molecule has 0 saturated carbocycles. The van der Waals surface area contributed by atoms with Crippen molar-refractivity contribution in [3.63, 3.8) is 0 Å². The minimum atomic E-state index is -0.449. The summed E-state index contributed by atoms with van der Waals surface area (Å²) in [6, 6.07) is 6.27. The molecule has 1 aromatic carbocycles. The molecule has 1 aromatic rings. The maximum atomic E-state index is 10.0. The van der Waals surface area contributed by atoms with Gasteiger partial charge in [-0.25, -0.2) is 0 Å². The van der Waals surface area contributed by atoms with Crippen molar-refractivity contribution in [3.05, 3.63) is 29.3 Å². The number of quaternary nitrogens is 1. The minimum absolute atomic E-state index is 0.132. The molecular weight excluding hydrogens is 250 g/mol. The lowest BCUT2D eigenvalue weighted by Gasteiger charge is -2.20. The summed E-state index contributed by atoms with van der Waals surface area (Å²) in [6.07, 6.45) is -0.449. The molecule has 3 heteroatoms. The van der Waals surface area contributed by atoms with Gasteiger partial charge in [-0.1, -0.05) is 26.0 Å². The molecule has 3 N–H and O–H groups in total. The highest BCUT2D eigenvalue weighted by Crippen LogP contribution is 2.27. The molecule has 0 spiro atoms. The molecule has 0 saturated heterocycles. The monoisotopic (exact) mass is 280 g/mol. The van der Waals surface area contributed by atoms with E-state index in [0.717, 1.165) is 5.75 Å². The van der Waals surface area contributed by atoms with E-state index in [4.69, 9.17) is 4.74 Å². The topological polar surface area (TPSA) is 46.1 Å². The SMILES string of the molecule is Cc1ccc(C(C)C)c(OCC(O)C[NH2+]C(C)(C)C)c1. The van der Waals surface area contributed by atoms with Crippen molar-refractivity contribution in [3.8, 4) is 5.75 Å². The van der Waals surface area contributed by atoms with E-state index in [-0.39, 0.29) is 5.54 Å². The summed E-state index contributed by atoms with van der Waals surface area (Å²) in [7, 11) is 0. The zero-order chi connectivity index (χ0) is 15.3. The van der Waals surface area contributed by atoms with Crippen LogP contribution in [0.25, 0.3) is 0 Å². The molecule has 1 unspecified atom stereocenters. The van der Waals surface area contributed by atoms with Crippen molar-refractivity contribution in [2.75, 3.05) is 13.2 Å². The molecular formula is C17H30NO2+. The van der Waals surface area contributed by atoms with Crippen LogP contribution < -0.4 is 10.1 Å². The second kappa shape index (κ2) is 7.09. The van der Waals surface area contributed by atoms with Crippen LogP contribution in [0.2, 0.25) is 0 Å². The van der Waals surface area contributed by atoms with Crippen LogP contribution in [0.3, 0.4) is 0 Å². The Morgan fingerprint density at radius 1 is 1.25 bits per heavy atom. The minimum Gasteiger partial charge on any atom is -0.490 e. The van der Waals surface area contributed by atoms with Gasteiger partial charge in [0.2, 0.25) is 0 Å². The number of aryl methyl sites for hydroxylation is 1. The molecule has 0 aliphatic rings. The number of ether oxygens (including phenoxy) is 1. The predicted octanol–water partition coefficient (Wildman–Crippen LogP) is 2.22. The molecule has 1 rings (SSSR count). The Kier molecular flexibility index (Phi) is 6.03. The number of aliphatic hydroxyl groups is 1. The molecule has 0 heterocycles. The predicted molar refractivity (Wildman–Crippen MR) is 83.3 cm³/mol.